The Morgan fingerprint density at radius 3 is 2.81 bits per heavy atom. The van der Waals surface area contributed by atoms with Crippen molar-refractivity contribution in [3.8, 4) is 0 Å². The maximum Gasteiger partial charge on any atom is 0.307 e. The van der Waals surface area contributed by atoms with Crippen molar-refractivity contribution in [3.63, 3.8) is 0 Å². The summed E-state index contributed by atoms with van der Waals surface area (Å²) in [6.07, 6.45) is 0.345. The van der Waals surface area contributed by atoms with Crippen LogP contribution in [0.15, 0.2) is 28.6 Å². The number of thiazole rings is 1. The topological polar surface area (TPSA) is 48.4 Å². The van der Waals surface area contributed by atoms with Crippen LogP contribution in [0.1, 0.15) is 20.3 Å². The summed E-state index contributed by atoms with van der Waals surface area (Å²) in [5.74, 6) is -0.203. The van der Waals surface area contributed by atoms with Crippen LogP contribution in [-0.4, -0.2) is 36.0 Å². The van der Waals surface area contributed by atoms with E-state index >= 15 is 0 Å². The van der Waals surface area contributed by atoms with Gasteiger partial charge in [-0.3, -0.25) is 4.79 Å². The number of hydrogen-bond donors (Lipinski definition) is 0. The molecule has 0 spiro atoms. The first kappa shape index (κ1) is 16.3. The van der Waals surface area contributed by atoms with Crippen LogP contribution in [0.4, 0.5) is 0 Å². The summed E-state index contributed by atoms with van der Waals surface area (Å²) in [5, 5.41) is 0. The lowest BCUT2D eigenvalue weighted by atomic mass is 10.1. The molecule has 0 aliphatic rings. The fourth-order valence-corrected chi connectivity index (χ4v) is 4.42. The van der Waals surface area contributed by atoms with Crippen LogP contribution in [0.25, 0.3) is 10.2 Å². The van der Waals surface area contributed by atoms with Gasteiger partial charge in [-0.05, 0) is 26.0 Å². The molecule has 0 saturated carbocycles. The Bertz CT molecular complexity index is 577. The van der Waals surface area contributed by atoms with Gasteiger partial charge in [-0.25, -0.2) is 4.98 Å². The standard InChI is InChI=1S/C15H19NO3S2/c1-15(2,10-13(17)19-9-8-18-3)21-14-16-11-6-4-5-7-12(11)20-14/h4-7H,8-10H2,1-3H3. The molecule has 0 N–H and O–H groups in total. The Balaban J connectivity index is 1.94. The average molecular weight is 325 g/mol. The molecule has 0 fully saturated rings. The van der Waals surface area contributed by atoms with E-state index < -0.39 is 0 Å². The van der Waals surface area contributed by atoms with E-state index in [1.54, 1.807) is 30.2 Å². The van der Waals surface area contributed by atoms with Crippen LogP contribution in [0.5, 0.6) is 0 Å². The van der Waals surface area contributed by atoms with Gasteiger partial charge in [0.05, 0.1) is 23.2 Å². The number of carbonyl (C=O) groups is 1. The molecule has 4 nitrogen and oxygen atoms in total. The minimum atomic E-state index is -0.252. The van der Waals surface area contributed by atoms with Gasteiger partial charge in [-0.2, -0.15) is 0 Å². The Hall–Kier alpha value is -1.11. The van der Waals surface area contributed by atoms with Crippen molar-refractivity contribution in [1.82, 2.24) is 4.98 Å². The number of aromatic nitrogens is 1. The minimum Gasteiger partial charge on any atom is -0.463 e. The number of esters is 1. The first-order chi connectivity index (χ1) is 10.00. The summed E-state index contributed by atoms with van der Waals surface area (Å²) < 4.78 is 11.9. The van der Waals surface area contributed by atoms with Gasteiger partial charge in [0.15, 0.2) is 4.34 Å². The summed E-state index contributed by atoms with van der Waals surface area (Å²) in [6.45, 7) is 4.79. The fourth-order valence-electron chi connectivity index (χ4n) is 1.80. The molecule has 114 valence electrons. The zero-order chi connectivity index (χ0) is 15.3. The average Bonchev–Trinajstić information content (AvgIpc) is 2.79. The predicted molar refractivity (Wildman–Crippen MR) is 87.0 cm³/mol. The number of nitrogens with zero attached hydrogens (tertiary/aromatic N) is 1. The van der Waals surface area contributed by atoms with Crippen LogP contribution < -0.4 is 0 Å². The number of rotatable bonds is 7. The highest BCUT2D eigenvalue weighted by molar-refractivity contribution is 8.02. The molecule has 2 rings (SSSR count). The van der Waals surface area contributed by atoms with Crippen LogP contribution in [-0.2, 0) is 14.3 Å². The Morgan fingerprint density at radius 2 is 2.10 bits per heavy atom. The normalized spacial score (nSPS) is 11.8. The Morgan fingerprint density at radius 1 is 1.33 bits per heavy atom. The van der Waals surface area contributed by atoms with Crippen molar-refractivity contribution in [2.24, 2.45) is 0 Å². The third-order valence-electron chi connectivity index (χ3n) is 2.76. The molecule has 1 heterocycles. The molecule has 2 aromatic rings. The minimum absolute atomic E-state index is 0.203. The lowest BCUT2D eigenvalue weighted by molar-refractivity contribution is -0.145. The summed E-state index contributed by atoms with van der Waals surface area (Å²) in [7, 11) is 1.58. The van der Waals surface area contributed by atoms with Gasteiger partial charge in [0.2, 0.25) is 0 Å². The molecule has 0 aliphatic heterocycles. The van der Waals surface area contributed by atoms with E-state index in [4.69, 9.17) is 9.47 Å². The predicted octanol–water partition coefficient (Wildman–Crippen LogP) is 3.75. The molecule has 0 saturated heterocycles. The van der Waals surface area contributed by atoms with Crippen molar-refractivity contribution in [2.45, 2.75) is 29.4 Å². The maximum atomic E-state index is 11.8. The van der Waals surface area contributed by atoms with Crippen LogP contribution in [0.2, 0.25) is 0 Å². The summed E-state index contributed by atoms with van der Waals surface area (Å²) in [6, 6.07) is 8.05. The molecule has 21 heavy (non-hydrogen) atoms. The molecule has 0 aliphatic carbocycles. The number of fused-ring (bicyclic) bond motifs is 1. The van der Waals surface area contributed by atoms with Gasteiger partial charge in [0, 0.05) is 11.9 Å². The molecule has 6 heteroatoms. The van der Waals surface area contributed by atoms with Gasteiger partial charge in [-0.15, -0.1) is 11.3 Å². The summed E-state index contributed by atoms with van der Waals surface area (Å²) in [4.78, 5) is 16.4. The highest BCUT2D eigenvalue weighted by Gasteiger charge is 2.26. The van der Waals surface area contributed by atoms with E-state index in [-0.39, 0.29) is 10.7 Å². The van der Waals surface area contributed by atoms with E-state index in [0.29, 0.717) is 19.6 Å². The lowest BCUT2D eigenvalue weighted by Crippen LogP contribution is -2.22. The number of benzene rings is 1. The van der Waals surface area contributed by atoms with Crippen molar-refractivity contribution in [1.29, 1.82) is 0 Å². The van der Waals surface area contributed by atoms with Crippen LogP contribution >= 0.6 is 23.1 Å². The fraction of sp³-hybridized carbons (Fsp3) is 0.467. The molecule has 0 bridgehead atoms. The van der Waals surface area contributed by atoms with Crippen LogP contribution in [0, 0.1) is 0 Å². The zero-order valence-corrected chi connectivity index (χ0v) is 14.1. The van der Waals surface area contributed by atoms with Gasteiger partial charge in [0.1, 0.15) is 6.61 Å². The third-order valence-corrected chi connectivity index (χ3v) is 5.05. The van der Waals surface area contributed by atoms with Crippen LogP contribution in [0.3, 0.4) is 0 Å². The van der Waals surface area contributed by atoms with E-state index in [1.165, 1.54) is 4.70 Å². The second-order valence-corrected chi connectivity index (χ2v) is 8.18. The van der Waals surface area contributed by atoms with Gasteiger partial charge in [0.25, 0.3) is 0 Å². The molecule has 1 aromatic carbocycles. The van der Waals surface area contributed by atoms with Crippen molar-refractivity contribution < 1.29 is 14.3 Å². The number of carbonyl (C=O) groups excluding carboxylic acids is 1. The number of hydrogen-bond acceptors (Lipinski definition) is 6. The number of thioether (sulfide) groups is 1. The first-order valence-corrected chi connectivity index (χ1v) is 8.33. The molecule has 0 atom stereocenters. The first-order valence-electron chi connectivity index (χ1n) is 6.69. The summed E-state index contributed by atoms with van der Waals surface area (Å²) in [5.41, 5.74) is 1.00. The SMILES string of the molecule is COCCOC(=O)CC(C)(C)Sc1nc2ccccc2s1. The van der Waals surface area contributed by atoms with Gasteiger partial charge < -0.3 is 9.47 Å². The van der Waals surface area contributed by atoms with Gasteiger partial charge >= 0.3 is 5.97 Å². The molecule has 0 unspecified atom stereocenters. The highest BCUT2D eigenvalue weighted by Crippen LogP contribution is 2.39. The number of methoxy groups -OCH3 is 1. The van der Waals surface area contributed by atoms with E-state index in [2.05, 4.69) is 11.1 Å². The van der Waals surface area contributed by atoms with E-state index in [9.17, 15) is 4.79 Å². The molecule has 0 amide bonds. The highest BCUT2D eigenvalue weighted by atomic mass is 32.2. The van der Waals surface area contributed by atoms with E-state index in [0.717, 1.165) is 9.86 Å². The second-order valence-electron chi connectivity index (χ2n) is 5.20. The van der Waals surface area contributed by atoms with Crippen molar-refractivity contribution in [2.75, 3.05) is 20.3 Å². The third kappa shape index (κ3) is 4.98. The number of ether oxygens (including phenoxy) is 2. The second kappa shape index (κ2) is 7.24. The smallest absolute Gasteiger partial charge is 0.307 e. The quantitative estimate of drug-likeness (QED) is 0.441. The summed E-state index contributed by atoms with van der Waals surface area (Å²) >= 11 is 3.27. The molecular formula is C15H19NO3S2. The lowest BCUT2D eigenvalue weighted by Gasteiger charge is -2.21. The Kier molecular flexibility index (Phi) is 5.61. The van der Waals surface area contributed by atoms with Crippen molar-refractivity contribution >= 4 is 39.3 Å². The zero-order valence-electron chi connectivity index (χ0n) is 12.4. The van der Waals surface area contributed by atoms with Crippen molar-refractivity contribution in [3.05, 3.63) is 24.3 Å². The molecule has 0 radical (unpaired) electrons. The molecular weight excluding hydrogens is 306 g/mol. The van der Waals surface area contributed by atoms with E-state index in [1.807, 2.05) is 32.0 Å². The maximum absolute atomic E-state index is 11.8. The van der Waals surface area contributed by atoms with Gasteiger partial charge in [-0.1, -0.05) is 23.9 Å². The Labute approximate surface area is 132 Å². The number of para-hydroxylation sites is 1. The monoisotopic (exact) mass is 325 g/mol. The molecule has 1 aromatic heterocycles. The largest absolute Gasteiger partial charge is 0.463 e.